The molecule has 1 aliphatic rings. The highest BCUT2D eigenvalue weighted by atomic mass is 16.5. The molecule has 0 aliphatic carbocycles. The summed E-state index contributed by atoms with van der Waals surface area (Å²) in [4.78, 5) is 24.4. The molecule has 3 N–H and O–H groups in total. The maximum atomic E-state index is 12.9. The molecule has 1 unspecified atom stereocenters. The fourth-order valence-corrected chi connectivity index (χ4v) is 3.17. The van der Waals surface area contributed by atoms with Gasteiger partial charge in [-0.3, -0.25) is 9.59 Å². The van der Waals surface area contributed by atoms with Crippen molar-refractivity contribution in [3.05, 3.63) is 41.5 Å². The number of benzene rings is 2. The molecule has 8 heteroatoms. The number of rotatable bonds is 6. The van der Waals surface area contributed by atoms with Gasteiger partial charge in [-0.15, -0.1) is 0 Å². The van der Waals surface area contributed by atoms with Crippen molar-refractivity contribution in [2.24, 2.45) is 5.73 Å². The first-order valence-electron chi connectivity index (χ1n) is 8.65. The van der Waals surface area contributed by atoms with Crippen LogP contribution in [0.4, 0.5) is 5.69 Å². The SMILES string of the molecule is COc1cc2c(c(OC)c1OC)C(=O)CC(c1cccc(NC(=O)CN)c1)O2. The summed E-state index contributed by atoms with van der Waals surface area (Å²) in [6, 6.07) is 8.72. The number of hydrogen-bond donors (Lipinski definition) is 2. The quantitative estimate of drug-likeness (QED) is 0.784. The van der Waals surface area contributed by atoms with Crippen LogP contribution < -0.4 is 30.0 Å². The van der Waals surface area contributed by atoms with Gasteiger partial charge in [0.05, 0.1) is 34.3 Å². The number of amides is 1. The summed E-state index contributed by atoms with van der Waals surface area (Å²) >= 11 is 0. The molecule has 0 fully saturated rings. The third-order valence-electron chi connectivity index (χ3n) is 4.44. The second-order valence-corrected chi connectivity index (χ2v) is 6.13. The molecule has 8 nitrogen and oxygen atoms in total. The lowest BCUT2D eigenvalue weighted by Crippen LogP contribution is -2.23. The molecule has 0 aromatic heterocycles. The van der Waals surface area contributed by atoms with Gasteiger partial charge < -0.3 is 30.0 Å². The Kier molecular flexibility index (Phi) is 5.70. The van der Waals surface area contributed by atoms with E-state index in [1.54, 1.807) is 24.3 Å². The molecule has 148 valence electrons. The Balaban J connectivity index is 1.98. The first kappa shape index (κ1) is 19.5. The number of nitrogens with one attached hydrogen (secondary N) is 1. The number of Topliss-reactive ketones (excluding diaryl/α,β-unsaturated/α-hetero) is 1. The summed E-state index contributed by atoms with van der Waals surface area (Å²) < 4.78 is 22.2. The van der Waals surface area contributed by atoms with Crippen molar-refractivity contribution >= 4 is 17.4 Å². The van der Waals surface area contributed by atoms with Crippen LogP contribution in [0.15, 0.2) is 30.3 Å². The molecule has 0 radical (unpaired) electrons. The van der Waals surface area contributed by atoms with Crippen molar-refractivity contribution < 1.29 is 28.5 Å². The van der Waals surface area contributed by atoms with Crippen LogP contribution in [0, 0.1) is 0 Å². The fraction of sp³-hybridized carbons (Fsp3) is 0.300. The van der Waals surface area contributed by atoms with Crippen LogP contribution in [-0.4, -0.2) is 39.6 Å². The van der Waals surface area contributed by atoms with Gasteiger partial charge >= 0.3 is 0 Å². The molecular weight excluding hydrogens is 364 g/mol. The zero-order valence-electron chi connectivity index (χ0n) is 15.9. The number of ketones is 1. The average molecular weight is 386 g/mol. The zero-order chi connectivity index (χ0) is 20.3. The highest BCUT2D eigenvalue weighted by molar-refractivity contribution is 6.04. The molecule has 28 heavy (non-hydrogen) atoms. The number of anilines is 1. The van der Waals surface area contributed by atoms with Gasteiger partial charge in [0, 0.05) is 11.8 Å². The standard InChI is InChI=1S/C20H22N2O6/c1-25-16-9-15-18(20(27-3)19(16)26-2)13(23)8-14(28-15)11-5-4-6-12(7-11)22-17(24)10-21/h4-7,9,14H,8,10,21H2,1-3H3,(H,22,24). The van der Waals surface area contributed by atoms with E-state index in [4.69, 9.17) is 24.7 Å². The number of carbonyl (C=O) groups excluding carboxylic acids is 2. The predicted molar refractivity (Wildman–Crippen MR) is 103 cm³/mol. The minimum absolute atomic E-state index is 0.114. The van der Waals surface area contributed by atoms with Gasteiger partial charge in [0.15, 0.2) is 17.3 Å². The van der Waals surface area contributed by atoms with Crippen molar-refractivity contribution in [1.29, 1.82) is 0 Å². The monoisotopic (exact) mass is 386 g/mol. The number of ether oxygens (including phenoxy) is 4. The smallest absolute Gasteiger partial charge is 0.238 e. The molecule has 3 rings (SSSR count). The van der Waals surface area contributed by atoms with Crippen molar-refractivity contribution in [1.82, 2.24) is 0 Å². The molecule has 1 atom stereocenters. The van der Waals surface area contributed by atoms with E-state index >= 15 is 0 Å². The fourth-order valence-electron chi connectivity index (χ4n) is 3.17. The van der Waals surface area contributed by atoms with E-state index in [1.165, 1.54) is 21.3 Å². The van der Waals surface area contributed by atoms with E-state index < -0.39 is 6.10 Å². The minimum atomic E-state index is -0.516. The predicted octanol–water partition coefficient (Wildman–Crippen LogP) is 2.32. The van der Waals surface area contributed by atoms with Crippen LogP contribution in [0.5, 0.6) is 23.0 Å². The van der Waals surface area contributed by atoms with Crippen LogP contribution in [0.2, 0.25) is 0 Å². The first-order chi connectivity index (χ1) is 13.5. The third-order valence-corrected chi connectivity index (χ3v) is 4.44. The molecule has 0 saturated carbocycles. The molecule has 2 aromatic carbocycles. The largest absolute Gasteiger partial charge is 0.493 e. The van der Waals surface area contributed by atoms with Crippen molar-refractivity contribution in [3.8, 4) is 23.0 Å². The number of hydrogen-bond acceptors (Lipinski definition) is 7. The lowest BCUT2D eigenvalue weighted by atomic mass is 9.95. The number of fused-ring (bicyclic) bond motifs is 1. The molecule has 1 heterocycles. The van der Waals surface area contributed by atoms with Crippen LogP contribution in [0.1, 0.15) is 28.4 Å². The van der Waals surface area contributed by atoms with E-state index in [0.717, 1.165) is 5.56 Å². The topological polar surface area (TPSA) is 109 Å². The van der Waals surface area contributed by atoms with Crippen LogP contribution in [0.25, 0.3) is 0 Å². The summed E-state index contributed by atoms with van der Waals surface area (Å²) in [6.07, 6.45) is -0.398. The normalized spacial score (nSPS) is 15.3. The van der Waals surface area contributed by atoms with Gasteiger partial charge in [-0.1, -0.05) is 12.1 Å². The highest BCUT2D eigenvalue weighted by Gasteiger charge is 2.34. The lowest BCUT2D eigenvalue weighted by Gasteiger charge is -2.28. The number of methoxy groups -OCH3 is 3. The average Bonchev–Trinajstić information content (AvgIpc) is 2.72. The molecule has 0 bridgehead atoms. The van der Waals surface area contributed by atoms with Crippen LogP contribution in [-0.2, 0) is 4.79 Å². The summed E-state index contributed by atoms with van der Waals surface area (Å²) in [5, 5.41) is 2.69. The van der Waals surface area contributed by atoms with E-state index in [1.807, 2.05) is 6.07 Å². The Morgan fingerprint density at radius 2 is 1.93 bits per heavy atom. The summed E-state index contributed by atoms with van der Waals surface area (Å²) in [5.41, 5.74) is 6.99. The van der Waals surface area contributed by atoms with E-state index in [-0.39, 0.29) is 30.4 Å². The molecular formula is C20H22N2O6. The van der Waals surface area contributed by atoms with Gasteiger partial charge in [0.25, 0.3) is 0 Å². The van der Waals surface area contributed by atoms with Crippen LogP contribution >= 0.6 is 0 Å². The number of carbonyl (C=O) groups is 2. The van der Waals surface area contributed by atoms with E-state index in [2.05, 4.69) is 5.32 Å². The van der Waals surface area contributed by atoms with Gasteiger partial charge in [-0.05, 0) is 17.7 Å². The van der Waals surface area contributed by atoms with Gasteiger partial charge in [0.1, 0.15) is 17.4 Å². The van der Waals surface area contributed by atoms with Gasteiger partial charge in [0.2, 0.25) is 11.7 Å². The Bertz CT molecular complexity index is 912. The van der Waals surface area contributed by atoms with Gasteiger partial charge in [-0.25, -0.2) is 0 Å². The Hall–Kier alpha value is -3.26. The maximum absolute atomic E-state index is 12.9. The molecule has 2 aromatic rings. The lowest BCUT2D eigenvalue weighted by molar-refractivity contribution is -0.114. The summed E-state index contributed by atoms with van der Waals surface area (Å²) in [7, 11) is 4.43. The minimum Gasteiger partial charge on any atom is -0.493 e. The molecule has 1 amide bonds. The summed E-state index contributed by atoms with van der Waals surface area (Å²) in [5.74, 6) is 0.933. The van der Waals surface area contributed by atoms with Crippen molar-refractivity contribution in [2.45, 2.75) is 12.5 Å². The Morgan fingerprint density at radius 3 is 2.57 bits per heavy atom. The highest BCUT2D eigenvalue weighted by Crippen LogP contribution is 2.49. The second kappa shape index (κ2) is 8.18. The van der Waals surface area contributed by atoms with Crippen molar-refractivity contribution in [3.63, 3.8) is 0 Å². The van der Waals surface area contributed by atoms with Gasteiger partial charge in [-0.2, -0.15) is 0 Å². The number of nitrogens with two attached hydrogens (primary N) is 1. The molecule has 0 saturated heterocycles. The molecule has 1 aliphatic heterocycles. The molecule has 0 spiro atoms. The van der Waals surface area contributed by atoms with Crippen molar-refractivity contribution in [2.75, 3.05) is 33.2 Å². The van der Waals surface area contributed by atoms with E-state index in [0.29, 0.717) is 28.5 Å². The first-order valence-corrected chi connectivity index (χ1v) is 8.65. The van der Waals surface area contributed by atoms with Crippen LogP contribution in [0.3, 0.4) is 0 Å². The second-order valence-electron chi connectivity index (χ2n) is 6.13. The Labute approximate surface area is 162 Å². The third kappa shape index (κ3) is 3.59. The zero-order valence-corrected chi connectivity index (χ0v) is 15.9. The Morgan fingerprint density at radius 1 is 1.18 bits per heavy atom. The summed E-state index contributed by atoms with van der Waals surface area (Å²) in [6.45, 7) is -0.114. The van der Waals surface area contributed by atoms with E-state index in [9.17, 15) is 9.59 Å². The maximum Gasteiger partial charge on any atom is 0.238 e.